The normalized spacial score (nSPS) is 21.3. The minimum Gasteiger partial charge on any atom is -0.399 e. The van der Waals surface area contributed by atoms with E-state index in [1.807, 2.05) is 97.0 Å². The average Bonchev–Trinajstić information content (AvgIpc) is 1.64. The Bertz CT molecular complexity index is 4620. The number of halogens is 1. The lowest BCUT2D eigenvalue weighted by Gasteiger charge is -2.32. The highest BCUT2D eigenvalue weighted by molar-refractivity contribution is 9.10. The molecule has 91 heavy (non-hydrogen) atoms. The van der Waals surface area contributed by atoms with Gasteiger partial charge in [0, 0.05) is 101 Å². The maximum Gasteiger partial charge on any atom is 0.494 e. The molecule has 6 atom stereocenters. The molecule has 17 nitrogen and oxygen atoms in total. The van der Waals surface area contributed by atoms with E-state index in [9.17, 15) is 0 Å². The number of fused-ring (bicyclic) bond motifs is 18. The molecule has 19 rings (SSSR count). The van der Waals surface area contributed by atoms with E-state index in [2.05, 4.69) is 125 Å². The second-order valence-corrected chi connectivity index (χ2v) is 27.2. The summed E-state index contributed by atoms with van der Waals surface area (Å²) >= 11 is 3.73. The summed E-state index contributed by atoms with van der Waals surface area (Å²) in [5.41, 5.74) is 19.3. The van der Waals surface area contributed by atoms with Crippen molar-refractivity contribution >= 4 is 61.6 Å². The van der Waals surface area contributed by atoms with Gasteiger partial charge in [0.1, 0.15) is 39.2 Å². The van der Waals surface area contributed by atoms with Crippen LogP contribution in [0.15, 0.2) is 151 Å². The molecule has 7 aliphatic rings. The summed E-state index contributed by atoms with van der Waals surface area (Å²) in [6.07, 6.45) is 21.7. The number of benzene rings is 3. The predicted octanol–water partition coefficient (Wildman–Crippen LogP) is 15.1. The van der Waals surface area contributed by atoms with Crippen LogP contribution in [-0.2, 0) is 9.31 Å². The lowest BCUT2D eigenvalue weighted by molar-refractivity contribution is 0.00578. The van der Waals surface area contributed by atoms with Gasteiger partial charge in [-0.25, -0.2) is 15.0 Å². The molecule has 6 bridgehead atoms. The number of pyridine rings is 3. The molecule has 9 aromatic heterocycles. The Kier molecular flexibility index (Phi) is 14.2. The van der Waals surface area contributed by atoms with Crippen molar-refractivity contribution in [2.24, 2.45) is 0 Å². The fourth-order valence-electron chi connectivity index (χ4n) is 15.0. The van der Waals surface area contributed by atoms with Gasteiger partial charge in [0.15, 0.2) is 0 Å². The van der Waals surface area contributed by atoms with Gasteiger partial charge in [-0.15, -0.1) is 0 Å². The van der Waals surface area contributed by atoms with Gasteiger partial charge in [0.25, 0.3) is 0 Å². The van der Waals surface area contributed by atoms with Gasteiger partial charge in [-0.1, -0.05) is 36.4 Å². The fraction of sp³-hybridized carbons (Fsp3) is 0.333. The van der Waals surface area contributed by atoms with Crippen LogP contribution in [0.4, 0.5) is 0 Å². The number of hydrogen-bond acceptors (Lipinski definition) is 14. The smallest absolute Gasteiger partial charge is 0.399 e. The van der Waals surface area contributed by atoms with Gasteiger partial charge in [-0.05, 0) is 200 Å². The third-order valence-electron chi connectivity index (χ3n) is 20.1. The van der Waals surface area contributed by atoms with Gasteiger partial charge in [0.2, 0.25) is 0 Å². The van der Waals surface area contributed by atoms with Crippen LogP contribution in [0.5, 0.6) is 0 Å². The summed E-state index contributed by atoms with van der Waals surface area (Å²) in [6.45, 7) is 14.3. The van der Waals surface area contributed by atoms with Crippen molar-refractivity contribution in [1.29, 1.82) is 0 Å². The first-order valence-electron chi connectivity index (χ1n) is 32.0. The van der Waals surface area contributed by atoms with E-state index in [1.54, 1.807) is 37.2 Å². The first-order valence-corrected chi connectivity index (χ1v) is 32.8. The Morgan fingerprint density at radius 1 is 0.407 bits per heavy atom. The zero-order chi connectivity index (χ0) is 61.9. The Morgan fingerprint density at radius 3 is 1.19 bits per heavy atom. The molecule has 4 fully saturated rings. The van der Waals surface area contributed by atoms with Gasteiger partial charge in [-0.2, -0.15) is 0 Å². The van der Waals surface area contributed by atoms with E-state index in [-0.39, 0.29) is 18.3 Å². The Morgan fingerprint density at radius 2 is 0.769 bits per heavy atom. The van der Waals surface area contributed by atoms with Crippen molar-refractivity contribution in [2.45, 2.75) is 153 Å². The van der Waals surface area contributed by atoms with Crippen molar-refractivity contribution in [3.05, 3.63) is 186 Å². The molecule has 6 unspecified atom stereocenters. The predicted molar refractivity (Wildman–Crippen MR) is 357 cm³/mol. The standard InChI is InChI=1S/2C22H19N5.C14H17BN2O2.C14H14BrN3/c2*1-13-3-2-4-18(25-13)20-21(27-16-7-5-15(11-16)22(27)26-20)14-6-8-17-19(12-14)24-10-9-23-17;1-13(2)14(3,4)19-15(18-13)10-5-6-11-12(9-10)17-8-7-16-11;1-8-3-2-4-11(16-8)12-13(15)18-10-6-5-9(7-10)14(18)17-12/h2*2-4,6,8-10,12,15-16H,5,7,11H2,1H3;5-9H,1-4H3;2-4,9-10H,5-7H2,1H3. The van der Waals surface area contributed by atoms with Crippen LogP contribution in [0.1, 0.15) is 156 Å². The highest BCUT2D eigenvalue weighted by atomic mass is 79.9. The molecule has 1 saturated heterocycles. The maximum atomic E-state index is 6.03. The van der Waals surface area contributed by atoms with Crippen molar-refractivity contribution in [1.82, 2.24) is 73.5 Å². The SMILES string of the molecule is CC1(C)OB(c2ccc3nccnc3c2)OC1(C)C.Cc1cccc(-c2nc3n(c2-c2ccc4nccnc4c2)C2CCC3C2)n1.Cc1cccc(-c2nc3n(c2-c2ccc4nccnc4c2)C2CCC3C2)n1.Cc1cccc(-c2nc3n(c2Br)C2CCC3C2)n1. The van der Waals surface area contributed by atoms with Crippen LogP contribution in [-0.4, -0.2) is 91.8 Å². The molecule has 0 spiro atoms. The largest absolute Gasteiger partial charge is 0.494 e. The fourth-order valence-corrected chi connectivity index (χ4v) is 15.7. The van der Waals surface area contributed by atoms with Gasteiger partial charge in [-0.3, -0.25) is 44.9 Å². The van der Waals surface area contributed by atoms with Crippen LogP contribution in [0, 0.1) is 20.8 Å². The minimum atomic E-state index is -0.351. The third-order valence-corrected chi connectivity index (χ3v) is 20.8. The first kappa shape index (κ1) is 57.4. The minimum absolute atomic E-state index is 0.324. The van der Waals surface area contributed by atoms with E-state index in [0.29, 0.717) is 35.9 Å². The molecule has 3 aromatic carbocycles. The Balaban J connectivity index is 0.0000000985. The van der Waals surface area contributed by atoms with E-state index in [0.717, 1.165) is 106 Å². The van der Waals surface area contributed by atoms with Crippen molar-refractivity contribution < 1.29 is 9.31 Å². The van der Waals surface area contributed by atoms with Crippen LogP contribution in [0.25, 0.3) is 89.8 Å². The molecule has 0 amide bonds. The van der Waals surface area contributed by atoms with Gasteiger partial charge in [0.05, 0.1) is 72.8 Å². The summed E-state index contributed by atoms with van der Waals surface area (Å²) in [5, 5.41) is 0. The molecule has 0 N–H and O–H groups in total. The van der Waals surface area contributed by atoms with E-state index in [4.69, 9.17) is 34.2 Å². The molecular weight excluding hydrogens is 1200 g/mol. The van der Waals surface area contributed by atoms with Crippen LogP contribution in [0.2, 0.25) is 0 Å². The van der Waals surface area contributed by atoms with E-state index < -0.39 is 0 Å². The Labute approximate surface area is 537 Å². The molecule has 454 valence electrons. The molecule has 19 heteroatoms. The summed E-state index contributed by atoms with van der Waals surface area (Å²) in [5.74, 6) is 5.58. The molecular formula is C72H69BBrN15O2. The van der Waals surface area contributed by atoms with Gasteiger partial charge < -0.3 is 23.0 Å². The average molecular weight is 1270 g/mol. The number of imidazole rings is 3. The van der Waals surface area contributed by atoms with Crippen molar-refractivity contribution in [3.63, 3.8) is 0 Å². The number of aryl methyl sites for hydroxylation is 3. The lowest BCUT2D eigenvalue weighted by atomic mass is 9.79. The second-order valence-electron chi connectivity index (χ2n) is 26.5. The number of aromatic nitrogens is 15. The number of rotatable bonds is 6. The summed E-state index contributed by atoms with van der Waals surface area (Å²) in [7, 11) is -0.351. The number of hydrogen-bond donors (Lipinski definition) is 0. The molecule has 0 radical (unpaired) electrons. The highest BCUT2D eigenvalue weighted by Gasteiger charge is 2.52. The molecule has 3 saturated carbocycles. The van der Waals surface area contributed by atoms with E-state index >= 15 is 0 Å². The lowest BCUT2D eigenvalue weighted by Crippen LogP contribution is -2.41. The quantitative estimate of drug-likeness (QED) is 0.143. The topological polar surface area (TPSA) is 188 Å². The maximum absolute atomic E-state index is 6.03. The molecule has 13 heterocycles. The Hall–Kier alpha value is -8.78. The van der Waals surface area contributed by atoms with E-state index in [1.165, 1.54) is 86.6 Å². The zero-order valence-electron chi connectivity index (χ0n) is 52.2. The third kappa shape index (κ3) is 10.2. The molecule has 3 aliphatic carbocycles. The van der Waals surface area contributed by atoms with Gasteiger partial charge >= 0.3 is 7.12 Å². The summed E-state index contributed by atoms with van der Waals surface area (Å²) < 4.78 is 20.5. The second kappa shape index (κ2) is 22.6. The summed E-state index contributed by atoms with van der Waals surface area (Å²) in [4.78, 5) is 55.6. The van der Waals surface area contributed by atoms with Crippen LogP contribution in [0.3, 0.4) is 0 Å². The zero-order valence-corrected chi connectivity index (χ0v) is 53.8. The van der Waals surface area contributed by atoms with Crippen LogP contribution < -0.4 is 5.46 Å². The monoisotopic (exact) mass is 1270 g/mol. The highest BCUT2D eigenvalue weighted by Crippen LogP contribution is 2.55. The van der Waals surface area contributed by atoms with Crippen molar-refractivity contribution in [3.8, 4) is 56.7 Å². The summed E-state index contributed by atoms with van der Waals surface area (Å²) in [6, 6.07) is 38.8. The van der Waals surface area contributed by atoms with Crippen LogP contribution >= 0.6 is 15.9 Å². The molecule has 12 aromatic rings. The first-order chi connectivity index (χ1) is 44.2. The number of nitrogens with zero attached hydrogens (tertiary/aromatic N) is 15. The van der Waals surface area contributed by atoms with Crippen molar-refractivity contribution in [2.75, 3.05) is 0 Å². The molecule has 4 aliphatic heterocycles.